The Morgan fingerprint density at radius 1 is 1.14 bits per heavy atom. The van der Waals surface area contributed by atoms with E-state index in [-0.39, 0.29) is 21.6 Å². The second kappa shape index (κ2) is 8.96. The maximum absolute atomic E-state index is 12.9. The first kappa shape index (κ1) is 22.9. The van der Waals surface area contributed by atoms with Crippen molar-refractivity contribution in [3.8, 4) is 0 Å². The molecular weight excluding hydrogens is 485 g/mol. The van der Waals surface area contributed by atoms with Crippen molar-refractivity contribution in [3.63, 3.8) is 0 Å². The largest absolute Gasteiger partial charge is 0.459 e. The average molecular weight is 495 g/mol. The molecule has 13 heteroatoms. The highest BCUT2D eigenvalue weighted by molar-refractivity contribution is 7.80. The van der Waals surface area contributed by atoms with Crippen LogP contribution in [-0.2, 0) is 6.18 Å². The number of furan rings is 1. The molecule has 0 fully saturated rings. The van der Waals surface area contributed by atoms with E-state index in [0.717, 1.165) is 18.2 Å². The molecule has 0 saturated heterocycles. The lowest BCUT2D eigenvalue weighted by atomic mass is 10.2. The van der Waals surface area contributed by atoms with E-state index < -0.39 is 27.6 Å². The molecule has 0 unspecified atom stereocenters. The number of hydrogen-bond acceptors (Lipinski definition) is 3. The molecule has 2 aromatic rings. The summed E-state index contributed by atoms with van der Waals surface area (Å²) in [7, 11) is 0. The van der Waals surface area contributed by atoms with Gasteiger partial charge in [0, 0.05) is 0 Å². The van der Waals surface area contributed by atoms with Crippen molar-refractivity contribution in [1.29, 1.82) is 0 Å². The van der Waals surface area contributed by atoms with Crippen LogP contribution in [0.5, 0.6) is 0 Å². The van der Waals surface area contributed by atoms with Gasteiger partial charge in [0.15, 0.2) is 10.9 Å². The highest BCUT2D eigenvalue weighted by atomic mass is 35.6. The molecule has 2 rings (SSSR count). The Labute approximate surface area is 182 Å². The van der Waals surface area contributed by atoms with Crippen LogP contribution in [0.3, 0.4) is 0 Å². The number of halogens is 7. The number of nitrogens with one attached hydrogen (secondary N) is 3. The van der Waals surface area contributed by atoms with Crippen molar-refractivity contribution in [3.05, 3.63) is 52.9 Å². The number of thiocarbonyl (C=S) groups is 1. The average Bonchev–Trinajstić information content (AvgIpc) is 3.09. The summed E-state index contributed by atoms with van der Waals surface area (Å²) in [6.07, 6.45) is -4.65. The van der Waals surface area contributed by atoms with E-state index in [1.54, 1.807) is 0 Å². The van der Waals surface area contributed by atoms with Gasteiger partial charge in [0.25, 0.3) is 5.91 Å². The van der Waals surface area contributed by atoms with Crippen molar-refractivity contribution in [2.75, 3.05) is 5.32 Å². The van der Waals surface area contributed by atoms with E-state index in [2.05, 4.69) is 16.0 Å². The molecule has 0 aliphatic carbocycles. The molecule has 152 valence electrons. The van der Waals surface area contributed by atoms with Crippen molar-refractivity contribution >= 4 is 75.3 Å². The Morgan fingerprint density at radius 2 is 1.82 bits per heavy atom. The summed E-state index contributed by atoms with van der Waals surface area (Å²) < 4.78 is 41.4. The van der Waals surface area contributed by atoms with Gasteiger partial charge in [0.1, 0.15) is 6.17 Å². The molecule has 0 radical (unpaired) electrons. The second-order valence-electron chi connectivity index (χ2n) is 5.22. The summed E-state index contributed by atoms with van der Waals surface area (Å²) in [5.74, 6) is -0.769. The molecule has 0 spiro atoms. The Morgan fingerprint density at radius 3 is 2.36 bits per heavy atom. The zero-order valence-electron chi connectivity index (χ0n) is 13.4. The number of rotatable bonds is 4. The number of carbonyl (C=O) groups is 1. The molecule has 1 aromatic carbocycles. The van der Waals surface area contributed by atoms with Crippen LogP contribution < -0.4 is 16.0 Å². The lowest BCUT2D eigenvalue weighted by Crippen LogP contribution is -2.56. The lowest BCUT2D eigenvalue weighted by molar-refractivity contribution is -0.137. The summed E-state index contributed by atoms with van der Waals surface area (Å²) in [5, 5.41) is 7.03. The van der Waals surface area contributed by atoms with Crippen LogP contribution >= 0.6 is 58.6 Å². The summed E-state index contributed by atoms with van der Waals surface area (Å²) in [4.78, 5) is 12.1. The number of alkyl halides is 6. The molecule has 0 bridgehead atoms. The molecule has 28 heavy (non-hydrogen) atoms. The minimum Gasteiger partial charge on any atom is -0.459 e. The van der Waals surface area contributed by atoms with Crippen LogP contribution in [0, 0.1) is 0 Å². The molecule has 1 atom stereocenters. The Kier molecular flexibility index (Phi) is 7.33. The van der Waals surface area contributed by atoms with Crippen molar-refractivity contribution in [1.82, 2.24) is 10.6 Å². The van der Waals surface area contributed by atoms with E-state index in [9.17, 15) is 18.0 Å². The fraction of sp³-hybridized carbons (Fsp3) is 0.200. The van der Waals surface area contributed by atoms with E-state index >= 15 is 0 Å². The van der Waals surface area contributed by atoms with Gasteiger partial charge in [0.2, 0.25) is 3.79 Å². The first-order valence-electron chi connectivity index (χ1n) is 7.23. The molecule has 0 aliphatic rings. The third-order valence-corrected chi connectivity index (χ3v) is 4.37. The number of benzene rings is 1. The number of hydrogen-bond donors (Lipinski definition) is 3. The van der Waals surface area contributed by atoms with E-state index in [4.69, 9.17) is 63.0 Å². The predicted octanol–water partition coefficient (Wildman–Crippen LogP) is 5.36. The first-order chi connectivity index (χ1) is 12.9. The maximum atomic E-state index is 12.9. The number of carbonyl (C=O) groups excluding carboxylic acids is 1. The fourth-order valence-corrected chi connectivity index (χ4v) is 2.62. The molecule has 0 saturated carbocycles. The van der Waals surface area contributed by atoms with E-state index in [0.29, 0.717) is 0 Å². The smallest absolute Gasteiger partial charge is 0.416 e. The van der Waals surface area contributed by atoms with Gasteiger partial charge in [-0.1, -0.05) is 46.4 Å². The van der Waals surface area contributed by atoms with Crippen molar-refractivity contribution in [2.24, 2.45) is 0 Å². The quantitative estimate of drug-likeness (QED) is 0.303. The van der Waals surface area contributed by atoms with Crippen molar-refractivity contribution < 1.29 is 22.4 Å². The topological polar surface area (TPSA) is 66.3 Å². The molecule has 0 aliphatic heterocycles. The van der Waals surface area contributed by atoms with E-state index in [1.165, 1.54) is 18.4 Å². The van der Waals surface area contributed by atoms with Gasteiger partial charge in [0.05, 0.1) is 22.5 Å². The summed E-state index contributed by atoms with van der Waals surface area (Å²) >= 11 is 28.4. The van der Waals surface area contributed by atoms with Crippen LogP contribution in [0.25, 0.3) is 0 Å². The SMILES string of the molecule is O=C(N[C@@H](NC(=S)Nc1cc(C(F)(F)F)ccc1Cl)C(Cl)(Cl)Cl)c1ccco1. The Hall–Kier alpha value is -1.39. The van der Waals surface area contributed by atoms with E-state index in [1.807, 2.05) is 0 Å². The third kappa shape index (κ3) is 6.31. The van der Waals surface area contributed by atoms with Gasteiger partial charge in [-0.2, -0.15) is 13.2 Å². The second-order valence-corrected chi connectivity index (χ2v) is 8.40. The molecular formula is C15H10Cl4F3N3O2S. The van der Waals surface area contributed by atoms with Crippen molar-refractivity contribution in [2.45, 2.75) is 16.1 Å². The van der Waals surface area contributed by atoms with Crippen LogP contribution in [0.2, 0.25) is 5.02 Å². The highest BCUT2D eigenvalue weighted by Gasteiger charge is 2.35. The zero-order valence-corrected chi connectivity index (χ0v) is 17.3. The highest BCUT2D eigenvalue weighted by Crippen LogP contribution is 2.34. The first-order valence-corrected chi connectivity index (χ1v) is 9.15. The third-order valence-electron chi connectivity index (χ3n) is 3.17. The standard InChI is InChI=1S/C15H10Cl4F3N3O2S/c16-8-4-3-7(15(20,21)22)6-9(8)23-13(28)25-12(14(17,18)19)24-11(26)10-2-1-5-27-10/h1-6,12H,(H,24,26)(H2,23,25,28)/t12-/m0/s1. The lowest BCUT2D eigenvalue weighted by Gasteiger charge is -2.27. The fourth-order valence-electron chi connectivity index (χ4n) is 1.90. The minimum absolute atomic E-state index is 0.0257. The van der Waals surface area contributed by atoms with Gasteiger partial charge in [-0.3, -0.25) is 4.79 Å². The van der Waals surface area contributed by atoms with Gasteiger partial charge in [-0.05, 0) is 42.5 Å². The monoisotopic (exact) mass is 493 g/mol. The Balaban J connectivity index is 2.13. The van der Waals surface area contributed by atoms with Gasteiger partial charge >= 0.3 is 6.18 Å². The molecule has 5 nitrogen and oxygen atoms in total. The van der Waals surface area contributed by atoms with Crippen LogP contribution in [0.1, 0.15) is 16.1 Å². The summed E-state index contributed by atoms with van der Waals surface area (Å²) in [6.45, 7) is 0. The molecule has 3 N–H and O–H groups in total. The zero-order chi connectivity index (χ0) is 21.1. The van der Waals surface area contributed by atoms with Crippen LogP contribution in [0.15, 0.2) is 41.0 Å². The summed E-state index contributed by atoms with van der Waals surface area (Å²) in [6, 6.07) is 5.50. The summed E-state index contributed by atoms with van der Waals surface area (Å²) in [5.41, 5.74) is -1.07. The predicted molar refractivity (Wildman–Crippen MR) is 106 cm³/mol. The minimum atomic E-state index is -4.58. The van der Waals surface area contributed by atoms with Gasteiger partial charge in [-0.15, -0.1) is 0 Å². The number of anilines is 1. The molecule has 1 aromatic heterocycles. The Bertz CT molecular complexity index is 857. The molecule has 1 amide bonds. The van der Waals surface area contributed by atoms with Gasteiger partial charge in [-0.25, -0.2) is 0 Å². The van der Waals surface area contributed by atoms with Crippen LogP contribution in [-0.4, -0.2) is 21.0 Å². The molecule has 1 heterocycles. The van der Waals surface area contributed by atoms with Gasteiger partial charge < -0.3 is 20.4 Å². The van der Waals surface area contributed by atoms with Crippen LogP contribution in [0.4, 0.5) is 18.9 Å². The maximum Gasteiger partial charge on any atom is 0.416 e. The normalized spacial score (nSPS) is 13.0. The number of amides is 1.